The molecule has 48 valence electrons. The third-order valence-corrected chi connectivity index (χ3v) is 0.544. The molecule has 1 nitrogen and oxygen atoms in total. The molecule has 0 aromatic carbocycles. The van der Waals surface area contributed by atoms with Crippen LogP contribution in [0.5, 0.6) is 0 Å². The zero-order valence-electron chi connectivity index (χ0n) is 5.56. The number of hydrogen-bond donors (Lipinski definition) is 0. The predicted molar refractivity (Wildman–Crippen MR) is 39.9 cm³/mol. The molecule has 0 aromatic heterocycles. The van der Waals surface area contributed by atoms with Crippen molar-refractivity contribution in [2.24, 2.45) is 0 Å². The van der Waals surface area contributed by atoms with E-state index in [0.717, 1.165) is 0 Å². The van der Waals surface area contributed by atoms with E-state index in [1.54, 1.807) is 0 Å². The molecule has 0 unspecified atom stereocenters. The Kier molecular flexibility index (Phi) is 8.43. The first kappa shape index (κ1) is 11.5. The fraction of sp³-hybridized carbons (Fsp3) is 1.00. The molecule has 0 heterocycles. The lowest BCUT2D eigenvalue weighted by Crippen LogP contribution is -2.09. The molecule has 0 aromatic rings. The number of hydrogen-bond acceptors (Lipinski definition) is 1. The standard InChI is InChI=1S/C6H14O.Mg.2H/c1-5(2)7-6(3)4;;;/h5-6H,1-4H3;;;. The van der Waals surface area contributed by atoms with Crippen molar-refractivity contribution in [1.82, 2.24) is 0 Å². The van der Waals surface area contributed by atoms with E-state index in [2.05, 4.69) is 0 Å². The summed E-state index contributed by atoms with van der Waals surface area (Å²) < 4.78 is 5.25. The van der Waals surface area contributed by atoms with Crippen LogP contribution in [0.3, 0.4) is 0 Å². The van der Waals surface area contributed by atoms with Gasteiger partial charge in [0.05, 0.1) is 12.2 Å². The minimum atomic E-state index is 0. The Morgan fingerprint density at radius 3 is 1.12 bits per heavy atom. The fourth-order valence-corrected chi connectivity index (χ4v) is 0.544. The molecule has 0 spiro atoms. The molecule has 2 heteroatoms. The highest BCUT2D eigenvalue weighted by Crippen LogP contribution is 1.93. The molecule has 0 saturated carbocycles. The lowest BCUT2D eigenvalue weighted by Gasteiger charge is -2.09. The summed E-state index contributed by atoms with van der Waals surface area (Å²) >= 11 is 0. The van der Waals surface area contributed by atoms with Crippen LogP contribution in [0.15, 0.2) is 0 Å². The van der Waals surface area contributed by atoms with Crippen LogP contribution in [0.4, 0.5) is 0 Å². The summed E-state index contributed by atoms with van der Waals surface area (Å²) in [6, 6.07) is 0. The van der Waals surface area contributed by atoms with Gasteiger partial charge >= 0.3 is 23.1 Å². The summed E-state index contributed by atoms with van der Waals surface area (Å²) in [5, 5.41) is 0. The van der Waals surface area contributed by atoms with Crippen LogP contribution in [-0.4, -0.2) is 35.3 Å². The van der Waals surface area contributed by atoms with Gasteiger partial charge in [-0.25, -0.2) is 0 Å². The van der Waals surface area contributed by atoms with Gasteiger partial charge in [0.1, 0.15) is 0 Å². The molecule has 0 aliphatic carbocycles. The summed E-state index contributed by atoms with van der Waals surface area (Å²) in [5.74, 6) is 0. The van der Waals surface area contributed by atoms with Crippen molar-refractivity contribution >= 4 is 23.1 Å². The van der Waals surface area contributed by atoms with Gasteiger partial charge in [0.2, 0.25) is 0 Å². The maximum Gasteiger partial charge on any atom is 0.316 e. The first-order chi connectivity index (χ1) is 3.13. The normalized spacial score (nSPS) is 9.75. The highest BCUT2D eigenvalue weighted by Gasteiger charge is 1.94. The van der Waals surface area contributed by atoms with Crippen LogP contribution >= 0.6 is 0 Å². The molecule has 0 fully saturated rings. The minimum absolute atomic E-state index is 0. The smallest absolute Gasteiger partial charge is 0.316 e. The average Bonchev–Trinajstić information content (AvgIpc) is 1.27. The van der Waals surface area contributed by atoms with E-state index in [1.165, 1.54) is 0 Å². The van der Waals surface area contributed by atoms with E-state index < -0.39 is 0 Å². The lowest BCUT2D eigenvalue weighted by atomic mass is 10.4. The molecule has 0 aliphatic rings. The van der Waals surface area contributed by atoms with Gasteiger partial charge in [0.25, 0.3) is 0 Å². The first-order valence-electron chi connectivity index (χ1n) is 2.78. The number of rotatable bonds is 2. The second-order valence-electron chi connectivity index (χ2n) is 2.23. The third-order valence-electron chi connectivity index (χ3n) is 0.544. The molecular formula is C6H16MgO. The van der Waals surface area contributed by atoms with Gasteiger partial charge in [-0.3, -0.25) is 0 Å². The van der Waals surface area contributed by atoms with E-state index >= 15 is 0 Å². The summed E-state index contributed by atoms with van der Waals surface area (Å²) in [4.78, 5) is 0. The molecule has 0 atom stereocenters. The van der Waals surface area contributed by atoms with Crippen LogP contribution in [-0.2, 0) is 4.74 Å². The van der Waals surface area contributed by atoms with Gasteiger partial charge in [0.15, 0.2) is 0 Å². The zero-order valence-corrected chi connectivity index (χ0v) is 5.56. The minimum Gasteiger partial charge on any atom is -0.376 e. The van der Waals surface area contributed by atoms with Crippen molar-refractivity contribution in [3.63, 3.8) is 0 Å². The van der Waals surface area contributed by atoms with E-state index in [-0.39, 0.29) is 23.1 Å². The number of ether oxygens (including phenoxy) is 1. The summed E-state index contributed by atoms with van der Waals surface area (Å²) in [6.07, 6.45) is 0.750. The largest absolute Gasteiger partial charge is 0.376 e. The second-order valence-corrected chi connectivity index (χ2v) is 2.23. The monoisotopic (exact) mass is 128 g/mol. The molecule has 0 amide bonds. The van der Waals surface area contributed by atoms with Crippen LogP contribution in [0.2, 0.25) is 0 Å². The maximum atomic E-state index is 5.25. The summed E-state index contributed by atoms with van der Waals surface area (Å²) in [7, 11) is 0. The highest BCUT2D eigenvalue weighted by molar-refractivity contribution is 5.75. The van der Waals surface area contributed by atoms with Crippen molar-refractivity contribution in [1.29, 1.82) is 0 Å². The van der Waals surface area contributed by atoms with E-state index in [9.17, 15) is 0 Å². The Hall–Kier alpha value is 0.726. The third kappa shape index (κ3) is 9.87. The van der Waals surface area contributed by atoms with Crippen molar-refractivity contribution in [3.8, 4) is 0 Å². The van der Waals surface area contributed by atoms with Crippen LogP contribution in [0, 0.1) is 0 Å². The average molecular weight is 128 g/mol. The Morgan fingerprint density at radius 1 is 0.875 bits per heavy atom. The van der Waals surface area contributed by atoms with Gasteiger partial charge in [0, 0.05) is 0 Å². The summed E-state index contributed by atoms with van der Waals surface area (Å²) in [5.41, 5.74) is 0. The van der Waals surface area contributed by atoms with E-state index in [0.29, 0.717) is 12.2 Å². The molecule has 0 radical (unpaired) electrons. The van der Waals surface area contributed by atoms with E-state index in [1.807, 2.05) is 27.7 Å². The van der Waals surface area contributed by atoms with Crippen molar-refractivity contribution in [3.05, 3.63) is 0 Å². The Bertz CT molecular complexity index is 37.8. The summed E-state index contributed by atoms with van der Waals surface area (Å²) in [6.45, 7) is 8.17. The first-order valence-corrected chi connectivity index (χ1v) is 2.78. The molecule has 0 N–H and O–H groups in total. The van der Waals surface area contributed by atoms with Crippen molar-refractivity contribution in [2.45, 2.75) is 39.9 Å². The van der Waals surface area contributed by atoms with Crippen molar-refractivity contribution in [2.75, 3.05) is 0 Å². The molecular weight excluding hydrogens is 112 g/mol. The Balaban J connectivity index is 0. The Labute approximate surface area is 67.9 Å². The molecule has 8 heavy (non-hydrogen) atoms. The maximum absolute atomic E-state index is 5.25. The zero-order chi connectivity index (χ0) is 5.86. The molecule has 0 aliphatic heterocycles. The van der Waals surface area contributed by atoms with Gasteiger partial charge in [-0.2, -0.15) is 0 Å². The van der Waals surface area contributed by atoms with Crippen LogP contribution in [0.1, 0.15) is 27.7 Å². The fourth-order valence-electron chi connectivity index (χ4n) is 0.544. The highest BCUT2D eigenvalue weighted by atomic mass is 24.3. The SMILES string of the molecule is CC(C)OC(C)C.[MgH2]. The molecule has 0 saturated heterocycles. The van der Waals surface area contributed by atoms with E-state index in [4.69, 9.17) is 4.74 Å². The lowest BCUT2D eigenvalue weighted by molar-refractivity contribution is 0.0300. The Morgan fingerprint density at radius 2 is 1.12 bits per heavy atom. The van der Waals surface area contributed by atoms with Crippen LogP contribution < -0.4 is 0 Å². The van der Waals surface area contributed by atoms with Gasteiger partial charge < -0.3 is 4.74 Å². The van der Waals surface area contributed by atoms with Crippen molar-refractivity contribution < 1.29 is 4.74 Å². The van der Waals surface area contributed by atoms with Gasteiger partial charge in [-0.05, 0) is 27.7 Å². The van der Waals surface area contributed by atoms with Crippen LogP contribution in [0.25, 0.3) is 0 Å². The molecule has 0 bridgehead atoms. The predicted octanol–water partition coefficient (Wildman–Crippen LogP) is 0.904. The quantitative estimate of drug-likeness (QED) is 0.502. The second kappa shape index (κ2) is 5.86. The van der Waals surface area contributed by atoms with Gasteiger partial charge in [-0.15, -0.1) is 0 Å². The van der Waals surface area contributed by atoms with Gasteiger partial charge in [-0.1, -0.05) is 0 Å². The molecule has 0 rings (SSSR count). The topological polar surface area (TPSA) is 9.23 Å².